The number of rotatable bonds is 2. The molecular weight excluding hydrogens is 163 g/mol. The largest absolute Gasteiger partial charge is 1.00 e. The van der Waals surface area contributed by atoms with Gasteiger partial charge in [-0.05, 0) is 13.8 Å². The molecule has 0 bridgehead atoms. The summed E-state index contributed by atoms with van der Waals surface area (Å²) in [5.74, 6) is -0.877. The Balaban J connectivity index is 0. The van der Waals surface area contributed by atoms with E-state index in [0.717, 1.165) is 0 Å². The van der Waals surface area contributed by atoms with Gasteiger partial charge in [0.1, 0.15) is 6.33 Å². The van der Waals surface area contributed by atoms with Crippen molar-refractivity contribution in [1.82, 2.24) is 9.97 Å². The quantitative estimate of drug-likeness (QED) is 0.524. The molecule has 1 aromatic rings. The molecule has 0 saturated carbocycles. The topological polar surface area (TPSA) is 63.1 Å². The molecule has 0 aromatic carbocycles. The second kappa shape index (κ2) is 4.40. The van der Waals surface area contributed by atoms with Gasteiger partial charge in [0.25, 0.3) is 0 Å². The summed E-state index contributed by atoms with van der Waals surface area (Å²) in [6.45, 7) is 3.24. The number of carboxylic acid groups (broad SMARTS) is 1. The molecule has 0 amide bonds. The van der Waals surface area contributed by atoms with Crippen molar-refractivity contribution < 1.29 is 30.2 Å². The Kier molecular flexibility index (Phi) is 4.11. The third kappa shape index (κ3) is 2.54. The van der Waals surface area contributed by atoms with E-state index >= 15 is 0 Å². The molecule has 0 spiro atoms. The van der Waals surface area contributed by atoms with Crippen molar-refractivity contribution in [3.8, 4) is 0 Å². The van der Waals surface area contributed by atoms with Crippen LogP contribution in [0.15, 0.2) is 18.7 Å². The molecule has 1 aromatic heterocycles. The van der Waals surface area contributed by atoms with Crippen molar-refractivity contribution >= 4 is 5.97 Å². The van der Waals surface area contributed by atoms with Gasteiger partial charge in [0.05, 0.1) is 5.41 Å². The number of hydrogen-bond acceptors (Lipinski definition) is 3. The fraction of sp³-hybridized carbons (Fsp3) is 0.375. The Bertz CT molecular complexity index is 293. The van der Waals surface area contributed by atoms with Gasteiger partial charge in [-0.15, -0.1) is 0 Å². The van der Waals surface area contributed by atoms with Crippen LogP contribution in [0, 0.1) is 0 Å². The minimum absolute atomic E-state index is 0. The zero-order chi connectivity index (χ0) is 9.19. The van der Waals surface area contributed by atoms with Crippen LogP contribution >= 0.6 is 0 Å². The van der Waals surface area contributed by atoms with Crippen molar-refractivity contribution in [1.29, 1.82) is 0 Å². The van der Waals surface area contributed by atoms with Crippen LogP contribution in [0.25, 0.3) is 0 Å². The summed E-state index contributed by atoms with van der Waals surface area (Å²) in [4.78, 5) is 18.3. The SMILES string of the molecule is CC(C)(C(=O)O)c1cncnc1.[H-].[Li+]. The molecule has 0 unspecified atom stereocenters. The molecule has 5 heteroatoms. The first-order valence-corrected chi connectivity index (χ1v) is 3.54. The maximum atomic E-state index is 10.8. The van der Waals surface area contributed by atoms with E-state index in [1.54, 1.807) is 13.8 Å². The van der Waals surface area contributed by atoms with Gasteiger partial charge in [0.2, 0.25) is 0 Å². The van der Waals surface area contributed by atoms with Gasteiger partial charge in [-0.2, -0.15) is 0 Å². The predicted molar refractivity (Wildman–Crippen MR) is 43.8 cm³/mol. The predicted octanol–water partition coefficient (Wildman–Crippen LogP) is -2.04. The van der Waals surface area contributed by atoms with Crippen LogP contribution in [0.4, 0.5) is 0 Å². The summed E-state index contributed by atoms with van der Waals surface area (Å²) in [5.41, 5.74) is -0.307. The number of carboxylic acids is 1. The Morgan fingerprint density at radius 1 is 1.46 bits per heavy atom. The molecule has 13 heavy (non-hydrogen) atoms. The normalized spacial score (nSPS) is 10.3. The third-order valence-corrected chi connectivity index (χ3v) is 1.82. The molecule has 1 N–H and O–H groups in total. The van der Waals surface area contributed by atoms with Crippen LogP contribution in [0.5, 0.6) is 0 Å². The first-order valence-electron chi connectivity index (χ1n) is 3.54. The van der Waals surface area contributed by atoms with Crippen molar-refractivity contribution in [3.63, 3.8) is 0 Å². The maximum absolute atomic E-state index is 10.8. The molecule has 0 aliphatic heterocycles. The third-order valence-electron chi connectivity index (χ3n) is 1.82. The fourth-order valence-corrected chi connectivity index (χ4v) is 0.745. The van der Waals surface area contributed by atoms with Crippen molar-refractivity contribution in [2.45, 2.75) is 19.3 Å². The van der Waals surface area contributed by atoms with Crippen molar-refractivity contribution in [3.05, 3.63) is 24.3 Å². The molecule has 0 atom stereocenters. The van der Waals surface area contributed by atoms with Gasteiger partial charge in [0, 0.05) is 18.0 Å². The summed E-state index contributed by atoms with van der Waals surface area (Å²) in [7, 11) is 0. The van der Waals surface area contributed by atoms with E-state index in [9.17, 15) is 4.79 Å². The Morgan fingerprint density at radius 2 is 1.92 bits per heavy atom. The van der Waals surface area contributed by atoms with E-state index in [2.05, 4.69) is 9.97 Å². The number of aromatic nitrogens is 2. The number of nitrogens with zero attached hydrogens (tertiary/aromatic N) is 2. The first-order chi connectivity index (χ1) is 5.55. The molecular formula is C8H11LiN2O2. The van der Waals surface area contributed by atoms with Crippen molar-refractivity contribution in [2.75, 3.05) is 0 Å². The smallest absolute Gasteiger partial charge is 1.00 e. The summed E-state index contributed by atoms with van der Waals surface area (Å²) in [6, 6.07) is 0. The van der Waals surface area contributed by atoms with Gasteiger partial charge >= 0.3 is 24.8 Å². The zero-order valence-corrected chi connectivity index (χ0v) is 7.98. The minimum Gasteiger partial charge on any atom is -1.00 e. The van der Waals surface area contributed by atoms with Gasteiger partial charge in [-0.3, -0.25) is 4.79 Å². The summed E-state index contributed by atoms with van der Waals surface area (Å²) >= 11 is 0. The Morgan fingerprint density at radius 3 is 2.31 bits per heavy atom. The van der Waals surface area contributed by atoms with Crippen LogP contribution in [0.2, 0.25) is 0 Å². The van der Waals surface area contributed by atoms with E-state index in [-0.39, 0.29) is 20.3 Å². The number of aliphatic carboxylic acids is 1. The van der Waals surface area contributed by atoms with Crippen LogP contribution in [0.1, 0.15) is 20.8 Å². The number of hydrogen-bond donors (Lipinski definition) is 1. The monoisotopic (exact) mass is 174 g/mol. The fourth-order valence-electron chi connectivity index (χ4n) is 0.745. The number of carbonyl (C=O) groups is 1. The van der Waals surface area contributed by atoms with Crippen LogP contribution in [-0.2, 0) is 10.2 Å². The van der Waals surface area contributed by atoms with Gasteiger partial charge in [0.15, 0.2) is 0 Å². The van der Waals surface area contributed by atoms with Gasteiger partial charge in [-0.25, -0.2) is 9.97 Å². The van der Waals surface area contributed by atoms with E-state index in [0.29, 0.717) is 5.56 Å². The van der Waals surface area contributed by atoms with E-state index < -0.39 is 11.4 Å². The van der Waals surface area contributed by atoms with E-state index in [4.69, 9.17) is 5.11 Å². The summed E-state index contributed by atoms with van der Waals surface area (Å²) in [5, 5.41) is 8.84. The van der Waals surface area contributed by atoms with Crippen molar-refractivity contribution in [2.24, 2.45) is 0 Å². The summed E-state index contributed by atoms with van der Waals surface area (Å²) < 4.78 is 0. The molecule has 1 heterocycles. The molecule has 1 rings (SSSR count). The van der Waals surface area contributed by atoms with E-state index in [1.807, 2.05) is 0 Å². The zero-order valence-electron chi connectivity index (χ0n) is 8.98. The molecule has 0 aliphatic rings. The van der Waals surface area contributed by atoms with Gasteiger partial charge < -0.3 is 6.53 Å². The molecule has 0 saturated heterocycles. The summed E-state index contributed by atoms with van der Waals surface area (Å²) in [6.07, 6.45) is 4.41. The molecule has 66 valence electrons. The molecule has 4 nitrogen and oxygen atoms in total. The second-order valence-corrected chi connectivity index (χ2v) is 3.06. The molecule has 0 radical (unpaired) electrons. The second-order valence-electron chi connectivity index (χ2n) is 3.06. The standard InChI is InChI=1S/C8H10N2O2.Li.H/c1-8(2,7(11)12)6-3-9-5-10-4-6;;/h3-5H,1-2H3,(H,11,12);;/q;+1;-1. The van der Waals surface area contributed by atoms with Crippen LogP contribution in [0.3, 0.4) is 0 Å². The van der Waals surface area contributed by atoms with Crippen LogP contribution < -0.4 is 18.9 Å². The van der Waals surface area contributed by atoms with Gasteiger partial charge in [-0.1, -0.05) is 0 Å². The minimum atomic E-state index is -0.915. The first kappa shape index (κ1) is 12.1. The average Bonchev–Trinajstić information content (AvgIpc) is 2.06. The van der Waals surface area contributed by atoms with E-state index in [1.165, 1.54) is 18.7 Å². The Hall–Kier alpha value is -0.853. The molecule has 0 aliphatic carbocycles. The average molecular weight is 174 g/mol. The Labute approximate surface area is 90.1 Å². The van der Waals surface area contributed by atoms with Crippen LogP contribution in [-0.4, -0.2) is 21.0 Å². The maximum Gasteiger partial charge on any atom is 1.00 e. The molecule has 0 fully saturated rings.